The van der Waals surface area contributed by atoms with Gasteiger partial charge in [-0.2, -0.15) is 0 Å². The molecule has 0 saturated carbocycles. The van der Waals surface area contributed by atoms with E-state index in [9.17, 15) is 19.5 Å². The van der Waals surface area contributed by atoms with Crippen LogP contribution in [0, 0.1) is 0 Å². The van der Waals surface area contributed by atoms with Crippen LogP contribution in [-0.4, -0.2) is 71.2 Å². The maximum atomic E-state index is 12.1. The maximum Gasteiger partial charge on any atom is 0.353 e. The minimum absolute atomic E-state index is 0.0816. The Balaban J connectivity index is 2.04. The lowest BCUT2D eigenvalue weighted by molar-refractivity contribution is -0.155. The third-order valence-corrected chi connectivity index (χ3v) is 4.71. The van der Waals surface area contributed by atoms with Gasteiger partial charge in [0.15, 0.2) is 0 Å². The van der Waals surface area contributed by atoms with Crippen LogP contribution >= 0.6 is 11.8 Å². The van der Waals surface area contributed by atoms with Crippen LogP contribution in [0.2, 0.25) is 0 Å². The van der Waals surface area contributed by atoms with Crippen LogP contribution in [-0.2, 0) is 14.4 Å². The summed E-state index contributed by atoms with van der Waals surface area (Å²) in [5, 5.41) is 12.0. The average Bonchev–Trinajstić information content (AvgIpc) is 2.68. The van der Waals surface area contributed by atoms with Gasteiger partial charge in [-0.1, -0.05) is 0 Å². The van der Waals surface area contributed by atoms with Crippen LogP contribution in [0.1, 0.15) is 13.3 Å². The lowest BCUT2D eigenvalue weighted by atomic mass is 9.94. The van der Waals surface area contributed by atoms with Gasteiger partial charge in [0.05, 0.1) is 6.04 Å². The van der Waals surface area contributed by atoms with Crippen LogP contribution in [0.15, 0.2) is 10.6 Å². The van der Waals surface area contributed by atoms with Crippen molar-refractivity contribution in [3.8, 4) is 0 Å². The summed E-state index contributed by atoms with van der Waals surface area (Å²) in [6.07, 6.45) is 0.570. The molecule has 0 aromatic carbocycles. The minimum atomic E-state index is -1.06. The predicted molar refractivity (Wildman–Crippen MR) is 78.5 cm³/mol. The number of carbonyl (C=O) groups excluding carboxylic acids is 2. The third kappa shape index (κ3) is 2.91. The number of rotatable bonds is 6. The molecule has 116 valence electrons. The zero-order chi connectivity index (χ0) is 15.7. The van der Waals surface area contributed by atoms with E-state index in [4.69, 9.17) is 0 Å². The second kappa shape index (κ2) is 6.07. The molecular formula is C13H19N3O4S. The number of hydrogen-bond acceptors (Lipinski definition) is 5. The summed E-state index contributed by atoms with van der Waals surface area (Å²) in [4.78, 5) is 38.2. The fourth-order valence-corrected chi connectivity index (χ4v) is 3.81. The van der Waals surface area contributed by atoms with Gasteiger partial charge in [0.2, 0.25) is 11.8 Å². The molecule has 0 aromatic rings. The second-order valence-corrected chi connectivity index (χ2v) is 6.49. The lowest BCUT2D eigenvalue weighted by Crippen LogP contribution is -2.67. The molecule has 2 N–H and O–H groups in total. The van der Waals surface area contributed by atoms with Crippen molar-refractivity contribution in [3.63, 3.8) is 0 Å². The molecule has 2 heterocycles. The van der Waals surface area contributed by atoms with E-state index in [-0.39, 0.29) is 29.6 Å². The van der Waals surface area contributed by atoms with Crippen LogP contribution in [0.25, 0.3) is 0 Å². The zero-order valence-electron chi connectivity index (χ0n) is 12.3. The average molecular weight is 313 g/mol. The van der Waals surface area contributed by atoms with Gasteiger partial charge in [-0.15, -0.1) is 11.8 Å². The molecule has 0 spiro atoms. The van der Waals surface area contributed by atoms with Crippen LogP contribution in [0.3, 0.4) is 0 Å². The van der Waals surface area contributed by atoms with Gasteiger partial charge in [0.25, 0.3) is 0 Å². The van der Waals surface area contributed by atoms with Crippen molar-refractivity contribution < 1.29 is 19.5 Å². The Morgan fingerprint density at radius 1 is 1.48 bits per heavy atom. The Hall–Kier alpha value is -1.54. The van der Waals surface area contributed by atoms with Gasteiger partial charge in [0.1, 0.15) is 11.7 Å². The third-order valence-electron chi connectivity index (χ3n) is 3.60. The van der Waals surface area contributed by atoms with E-state index in [1.807, 2.05) is 19.0 Å². The Morgan fingerprint density at radius 2 is 2.14 bits per heavy atom. The SMILES string of the molecule is CC(=O)NCCSC1=C(C(=O)O)N2C(=O)[C@H](N(C)C)[C@H]2C1. The highest BCUT2D eigenvalue weighted by atomic mass is 32.2. The van der Waals surface area contributed by atoms with E-state index in [0.29, 0.717) is 18.7 Å². The number of carbonyl (C=O) groups is 3. The first kappa shape index (κ1) is 15.8. The van der Waals surface area contributed by atoms with Gasteiger partial charge in [-0.05, 0) is 14.1 Å². The molecule has 0 unspecified atom stereocenters. The van der Waals surface area contributed by atoms with E-state index >= 15 is 0 Å². The zero-order valence-corrected chi connectivity index (χ0v) is 13.1. The first-order valence-corrected chi connectivity index (χ1v) is 7.66. The molecule has 2 aliphatic heterocycles. The van der Waals surface area contributed by atoms with Crippen molar-refractivity contribution in [3.05, 3.63) is 10.6 Å². The van der Waals surface area contributed by atoms with Gasteiger partial charge < -0.3 is 10.4 Å². The van der Waals surface area contributed by atoms with E-state index in [0.717, 1.165) is 4.91 Å². The predicted octanol–water partition coefficient (Wildman–Crippen LogP) is -0.303. The molecule has 2 aliphatic rings. The fourth-order valence-electron chi connectivity index (χ4n) is 2.75. The number of amides is 2. The highest BCUT2D eigenvalue weighted by Crippen LogP contribution is 2.44. The number of nitrogens with one attached hydrogen (secondary N) is 1. The number of thioether (sulfide) groups is 1. The van der Waals surface area contributed by atoms with Crippen LogP contribution in [0.4, 0.5) is 0 Å². The van der Waals surface area contributed by atoms with Crippen molar-refractivity contribution in [1.82, 2.24) is 15.1 Å². The van der Waals surface area contributed by atoms with Gasteiger partial charge in [-0.3, -0.25) is 19.4 Å². The number of carboxylic acids is 1. The monoisotopic (exact) mass is 313 g/mol. The summed E-state index contributed by atoms with van der Waals surface area (Å²) < 4.78 is 0. The topological polar surface area (TPSA) is 90.0 Å². The molecule has 1 fully saturated rings. The molecule has 0 aromatic heterocycles. The first-order chi connectivity index (χ1) is 9.84. The first-order valence-electron chi connectivity index (χ1n) is 6.67. The molecule has 1 saturated heterocycles. The number of carboxylic acid groups (broad SMARTS) is 1. The van der Waals surface area contributed by atoms with Gasteiger partial charge >= 0.3 is 5.97 Å². The Bertz CT molecular complexity index is 518. The summed E-state index contributed by atoms with van der Waals surface area (Å²) >= 11 is 1.40. The molecule has 0 aliphatic carbocycles. The summed E-state index contributed by atoms with van der Waals surface area (Å²) in [6, 6.07) is -0.324. The molecule has 8 heteroatoms. The standard InChI is InChI=1S/C13H19N3O4S/c1-7(17)14-4-5-21-9-6-8-10(15(2)3)12(18)16(8)11(9)13(19)20/h8,10H,4-6H2,1-3H3,(H,14,17)(H,19,20)/t8-,10-/m1/s1. The highest BCUT2D eigenvalue weighted by Gasteiger charge is 2.56. The largest absolute Gasteiger partial charge is 0.477 e. The molecule has 2 atom stereocenters. The van der Waals surface area contributed by atoms with Crippen molar-refractivity contribution in [2.45, 2.75) is 25.4 Å². The smallest absolute Gasteiger partial charge is 0.353 e. The summed E-state index contributed by atoms with van der Waals surface area (Å²) in [6.45, 7) is 1.92. The molecular weight excluding hydrogens is 294 g/mol. The highest BCUT2D eigenvalue weighted by molar-refractivity contribution is 8.03. The number of likely N-dealkylation sites (N-methyl/N-ethyl adjacent to an activating group) is 1. The summed E-state index contributed by atoms with van der Waals surface area (Å²) in [5.74, 6) is -0.737. The quantitative estimate of drug-likeness (QED) is 0.517. The fraction of sp³-hybridized carbons (Fsp3) is 0.615. The van der Waals surface area contributed by atoms with E-state index in [1.165, 1.54) is 23.6 Å². The number of hydrogen-bond donors (Lipinski definition) is 2. The summed E-state index contributed by atoms with van der Waals surface area (Å²) in [7, 11) is 3.64. The summed E-state index contributed by atoms with van der Waals surface area (Å²) in [5.41, 5.74) is 0.107. The molecule has 7 nitrogen and oxygen atoms in total. The van der Waals surface area contributed by atoms with E-state index in [1.54, 1.807) is 0 Å². The second-order valence-electron chi connectivity index (χ2n) is 5.30. The van der Waals surface area contributed by atoms with Crippen molar-refractivity contribution >= 4 is 29.5 Å². The lowest BCUT2D eigenvalue weighted by Gasteiger charge is -2.46. The van der Waals surface area contributed by atoms with Crippen LogP contribution in [0.5, 0.6) is 0 Å². The number of nitrogens with zero attached hydrogens (tertiary/aromatic N) is 2. The van der Waals surface area contributed by atoms with Crippen LogP contribution < -0.4 is 5.32 Å². The van der Waals surface area contributed by atoms with E-state index < -0.39 is 5.97 Å². The Labute approximate surface area is 127 Å². The number of β-lactam (4-membered cyclic amide) rings is 1. The molecule has 0 radical (unpaired) electrons. The van der Waals surface area contributed by atoms with Gasteiger partial charge in [-0.25, -0.2) is 4.79 Å². The molecule has 2 rings (SSSR count). The molecule has 21 heavy (non-hydrogen) atoms. The minimum Gasteiger partial charge on any atom is -0.477 e. The van der Waals surface area contributed by atoms with Gasteiger partial charge in [0, 0.05) is 30.5 Å². The van der Waals surface area contributed by atoms with Crippen molar-refractivity contribution in [2.24, 2.45) is 0 Å². The number of aliphatic carboxylic acids is 1. The van der Waals surface area contributed by atoms with Crippen molar-refractivity contribution in [2.75, 3.05) is 26.4 Å². The molecule has 2 amide bonds. The maximum absolute atomic E-state index is 12.1. The normalized spacial score (nSPS) is 24.2. The Kier molecular flexibility index (Phi) is 4.58. The Morgan fingerprint density at radius 3 is 2.67 bits per heavy atom. The van der Waals surface area contributed by atoms with Crippen molar-refractivity contribution in [1.29, 1.82) is 0 Å². The molecule has 0 bridgehead atoms. The van der Waals surface area contributed by atoms with E-state index in [2.05, 4.69) is 5.32 Å². The number of fused-ring (bicyclic) bond motifs is 1.